The lowest BCUT2D eigenvalue weighted by atomic mass is 10.1. The molecular weight excluding hydrogens is 442 g/mol. The Morgan fingerprint density at radius 1 is 1.06 bits per heavy atom. The number of benzene rings is 3. The Morgan fingerprint density at radius 2 is 1.87 bits per heavy atom. The van der Waals surface area contributed by atoms with Crippen molar-refractivity contribution in [2.75, 3.05) is 11.2 Å². The second-order valence-corrected chi connectivity index (χ2v) is 9.59. The predicted molar refractivity (Wildman–Crippen MR) is 136 cm³/mol. The molecule has 0 radical (unpaired) electrons. The monoisotopic (exact) mass is 463 g/mol. The number of para-hydroxylation sites is 1. The largest absolute Gasteiger partial charge is 0.488 e. The molecule has 0 saturated carbocycles. The van der Waals surface area contributed by atoms with E-state index in [1.807, 2.05) is 73.0 Å². The summed E-state index contributed by atoms with van der Waals surface area (Å²) in [5.41, 5.74) is 3.95. The normalized spacial score (nSPS) is 15.0. The third-order valence-electron chi connectivity index (χ3n) is 4.79. The summed E-state index contributed by atoms with van der Waals surface area (Å²) in [4.78, 5) is 16.4. The van der Waals surface area contributed by atoms with E-state index in [1.54, 1.807) is 16.7 Å². The minimum Gasteiger partial charge on any atom is -0.488 e. The molecule has 3 nitrogen and oxygen atoms in total. The summed E-state index contributed by atoms with van der Waals surface area (Å²) in [5.74, 6) is 0.625. The van der Waals surface area contributed by atoms with Gasteiger partial charge in [-0.1, -0.05) is 78.1 Å². The number of ether oxygens (including phenoxy) is 1. The number of hydrogen-bond acceptors (Lipinski definition) is 5. The fourth-order valence-electron chi connectivity index (χ4n) is 3.28. The second-order valence-electron chi connectivity index (χ2n) is 7.03. The Bertz CT molecular complexity index is 1170. The van der Waals surface area contributed by atoms with E-state index in [9.17, 15) is 4.79 Å². The summed E-state index contributed by atoms with van der Waals surface area (Å²) in [6.07, 6.45) is 3.88. The van der Waals surface area contributed by atoms with Crippen molar-refractivity contribution in [1.29, 1.82) is 0 Å². The molecule has 0 atom stereocenters. The Balaban J connectivity index is 1.57. The lowest BCUT2D eigenvalue weighted by Gasteiger charge is -2.15. The van der Waals surface area contributed by atoms with Gasteiger partial charge in [-0.05, 0) is 49.1 Å². The molecule has 6 heteroatoms. The van der Waals surface area contributed by atoms with Crippen LogP contribution in [-0.4, -0.2) is 16.5 Å². The molecule has 31 heavy (non-hydrogen) atoms. The standard InChI is InChI=1S/C25H21NO2S3/c1-17-7-5-8-18(13-17)16-28-22-12-4-3-9-19(22)14-23-24(27)26(25(29)31-23)20-10-6-11-21(15-20)30-2/h3-15H,16H2,1-2H3/b23-14+. The van der Waals surface area contributed by atoms with Gasteiger partial charge in [0.2, 0.25) is 0 Å². The van der Waals surface area contributed by atoms with Crippen molar-refractivity contribution in [1.82, 2.24) is 0 Å². The molecule has 1 aliphatic heterocycles. The molecule has 0 aliphatic carbocycles. The number of hydrogen-bond donors (Lipinski definition) is 0. The van der Waals surface area contributed by atoms with Gasteiger partial charge in [-0.15, -0.1) is 11.8 Å². The molecule has 1 aliphatic rings. The van der Waals surface area contributed by atoms with Gasteiger partial charge in [0.1, 0.15) is 12.4 Å². The summed E-state index contributed by atoms with van der Waals surface area (Å²) in [6.45, 7) is 2.53. The minimum atomic E-state index is -0.109. The number of rotatable bonds is 6. The van der Waals surface area contributed by atoms with Gasteiger partial charge >= 0.3 is 0 Å². The lowest BCUT2D eigenvalue weighted by molar-refractivity contribution is -0.113. The van der Waals surface area contributed by atoms with Crippen LogP contribution in [0, 0.1) is 6.92 Å². The first-order valence-electron chi connectivity index (χ1n) is 9.74. The fraction of sp³-hybridized carbons (Fsp3) is 0.120. The average molecular weight is 464 g/mol. The minimum absolute atomic E-state index is 0.109. The van der Waals surface area contributed by atoms with Crippen LogP contribution in [0.25, 0.3) is 6.08 Å². The zero-order valence-electron chi connectivity index (χ0n) is 17.2. The first-order chi connectivity index (χ1) is 15.0. The molecule has 1 fully saturated rings. The zero-order chi connectivity index (χ0) is 21.8. The van der Waals surface area contributed by atoms with E-state index in [2.05, 4.69) is 19.1 Å². The number of nitrogens with zero attached hydrogens (tertiary/aromatic N) is 1. The quantitative estimate of drug-likeness (QED) is 0.230. The van der Waals surface area contributed by atoms with Gasteiger partial charge < -0.3 is 4.74 Å². The Morgan fingerprint density at radius 3 is 2.68 bits per heavy atom. The molecule has 3 aromatic carbocycles. The van der Waals surface area contributed by atoms with E-state index in [1.165, 1.54) is 17.3 Å². The van der Waals surface area contributed by atoms with Crippen LogP contribution in [0.15, 0.2) is 82.6 Å². The molecule has 1 heterocycles. The highest BCUT2D eigenvalue weighted by Crippen LogP contribution is 2.38. The third kappa shape index (κ3) is 5.03. The molecule has 3 aromatic rings. The molecule has 0 N–H and O–H groups in total. The SMILES string of the molecule is CSc1cccc(N2C(=O)/C(=C\c3ccccc3OCc3cccc(C)c3)SC2=S)c1. The highest BCUT2D eigenvalue weighted by atomic mass is 32.2. The van der Waals surface area contributed by atoms with Gasteiger partial charge in [-0.25, -0.2) is 0 Å². The predicted octanol–water partition coefficient (Wildman–Crippen LogP) is 6.70. The van der Waals surface area contributed by atoms with Crippen LogP contribution in [0.5, 0.6) is 5.75 Å². The number of carbonyl (C=O) groups is 1. The number of aryl methyl sites for hydroxylation is 1. The molecular formula is C25H21NO2S3. The smallest absolute Gasteiger partial charge is 0.270 e. The second kappa shape index (κ2) is 9.73. The summed E-state index contributed by atoms with van der Waals surface area (Å²) in [6, 6.07) is 23.8. The molecule has 0 aromatic heterocycles. The number of anilines is 1. The van der Waals surface area contributed by atoms with Crippen LogP contribution >= 0.6 is 35.7 Å². The number of amides is 1. The number of carbonyl (C=O) groups excluding carboxylic acids is 1. The maximum absolute atomic E-state index is 13.2. The zero-order valence-corrected chi connectivity index (χ0v) is 19.7. The van der Waals surface area contributed by atoms with Crippen molar-refractivity contribution in [2.45, 2.75) is 18.4 Å². The fourth-order valence-corrected chi connectivity index (χ4v) is 5.02. The van der Waals surface area contributed by atoms with Crippen molar-refractivity contribution < 1.29 is 9.53 Å². The van der Waals surface area contributed by atoms with E-state index in [0.29, 0.717) is 15.8 Å². The van der Waals surface area contributed by atoms with Gasteiger partial charge in [0, 0.05) is 10.5 Å². The lowest BCUT2D eigenvalue weighted by Crippen LogP contribution is -2.27. The van der Waals surface area contributed by atoms with Crippen molar-refractivity contribution in [3.8, 4) is 5.75 Å². The Labute approximate surface area is 196 Å². The van der Waals surface area contributed by atoms with Gasteiger partial charge in [-0.2, -0.15) is 0 Å². The molecule has 1 amide bonds. The Kier molecular flexibility index (Phi) is 6.80. The summed E-state index contributed by atoms with van der Waals surface area (Å²) < 4.78 is 6.61. The molecule has 156 valence electrons. The average Bonchev–Trinajstić information content (AvgIpc) is 3.06. The maximum Gasteiger partial charge on any atom is 0.270 e. The van der Waals surface area contributed by atoms with E-state index >= 15 is 0 Å². The van der Waals surface area contributed by atoms with Crippen molar-refractivity contribution >= 4 is 57.7 Å². The van der Waals surface area contributed by atoms with Crippen LogP contribution in [0.1, 0.15) is 16.7 Å². The van der Waals surface area contributed by atoms with E-state index in [-0.39, 0.29) is 5.91 Å². The summed E-state index contributed by atoms with van der Waals surface area (Å²) in [7, 11) is 0. The summed E-state index contributed by atoms with van der Waals surface area (Å²) >= 11 is 8.47. The van der Waals surface area contributed by atoms with Crippen LogP contribution in [-0.2, 0) is 11.4 Å². The highest BCUT2D eigenvalue weighted by Gasteiger charge is 2.33. The van der Waals surface area contributed by atoms with E-state index in [0.717, 1.165) is 27.5 Å². The van der Waals surface area contributed by atoms with Crippen LogP contribution in [0.2, 0.25) is 0 Å². The van der Waals surface area contributed by atoms with Gasteiger partial charge in [-0.3, -0.25) is 9.69 Å². The first kappa shape index (κ1) is 21.7. The van der Waals surface area contributed by atoms with Crippen molar-refractivity contribution in [2.24, 2.45) is 0 Å². The highest BCUT2D eigenvalue weighted by molar-refractivity contribution is 8.27. The molecule has 0 unspecified atom stereocenters. The topological polar surface area (TPSA) is 29.5 Å². The third-order valence-corrected chi connectivity index (χ3v) is 6.82. The maximum atomic E-state index is 13.2. The summed E-state index contributed by atoms with van der Waals surface area (Å²) in [5, 5.41) is 0. The number of thioether (sulfide) groups is 2. The molecule has 4 rings (SSSR count). The van der Waals surface area contributed by atoms with Crippen LogP contribution in [0.3, 0.4) is 0 Å². The van der Waals surface area contributed by atoms with Gasteiger partial charge in [0.05, 0.1) is 10.6 Å². The Hall–Kier alpha value is -2.54. The van der Waals surface area contributed by atoms with Crippen LogP contribution in [0.4, 0.5) is 5.69 Å². The van der Waals surface area contributed by atoms with E-state index < -0.39 is 0 Å². The van der Waals surface area contributed by atoms with Crippen molar-refractivity contribution in [3.05, 3.63) is 94.4 Å². The van der Waals surface area contributed by atoms with Gasteiger partial charge in [0.25, 0.3) is 5.91 Å². The van der Waals surface area contributed by atoms with Gasteiger partial charge in [0.15, 0.2) is 4.32 Å². The van der Waals surface area contributed by atoms with E-state index in [4.69, 9.17) is 17.0 Å². The number of thiocarbonyl (C=S) groups is 1. The van der Waals surface area contributed by atoms with Crippen LogP contribution < -0.4 is 9.64 Å². The molecule has 0 bridgehead atoms. The molecule has 0 spiro atoms. The molecule has 1 saturated heterocycles. The first-order valence-corrected chi connectivity index (χ1v) is 12.2. The van der Waals surface area contributed by atoms with Crippen molar-refractivity contribution in [3.63, 3.8) is 0 Å².